The molecule has 0 aromatic rings. The Morgan fingerprint density at radius 1 is 1.64 bits per heavy atom. The molecule has 0 saturated carbocycles. The van der Waals surface area contributed by atoms with Crippen molar-refractivity contribution in [1.29, 1.82) is 0 Å². The Balaban J connectivity index is 2.43. The normalized spacial score (nSPS) is 29.9. The summed E-state index contributed by atoms with van der Waals surface area (Å²) >= 11 is 0. The predicted octanol–water partition coefficient (Wildman–Crippen LogP) is 0.864. The van der Waals surface area contributed by atoms with Gasteiger partial charge in [-0.25, -0.2) is 0 Å². The van der Waals surface area contributed by atoms with E-state index < -0.39 is 5.97 Å². The van der Waals surface area contributed by atoms with Crippen LogP contribution >= 0.6 is 0 Å². The van der Waals surface area contributed by atoms with Gasteiger partial charge in [0.15, 0.2) is 0 Å². The van der Waals surface area contributed by atoms with Crippen molar-refractivity contribution in [3.63, 3.8) is 0 Å². The van der Waals surface area contributed by atoms with E-state index >= 15 is 0 Å². The molecule has 0 aromatic heterocycles. The maximum Gasteiger partial charge on any atom is 0.320 e. The van der Waals surface area contributed by atoms with Gasteiger partial charge in [0, 0.05) is 13.2 Å². The summed E-state index contributed by atoms with van der Waals surface area (Å²) in [6.07, 6.45) is 2.78. The average Bonchev–Trinajstić information content (AvgIpc) is 2.18. The highest BCUT2D eigenvalue weighted by atomic mass is 16.5. The standard InChI is InChI=1S/C10H19NO3/c1-7(6-14-2)8-4-3-5-9(11-8)10(12)13/h7-9,11H,3-6H2,1-2H3,(H,12,13). The van der Waals surface area contributed by atoms with E-state index in [4.69, 9.17) is 9.84 Å². The van der Waals surface area contributed by atoms with Crippen LogP contribution in [0.2, 0.25) is 0 Å². The number of carboxylic acid groups (broad SMARTS) is 1. The highest BCUT2D eigenvalue weighted by Crippen LogP contribution is 2.18. The van der Waals surface area contributed by atoms with E-state index in [-0.39, 0.29) is 12.1 Å². The molecule has 1 aliphatic rings. The molecule has 1 heterocycles. The van der Waals surface area contributed by atoms with Crippen molar-refractivity contribution in [3.8, 4) is 0 Å². The van der Waals surface area contributed by atoms with E-state index in [1.165, 1.54) is 0 Å². The fourth-order valence-corrected chi connectivity index (χ4v) is 1.99. The first-order chi connectivity index (χ1) is 6.65. The molecule has 1 fully saturated rings. The van der Waals surface area contributed by atoms with E-state index in [2.05, 4.69) is 12.2 Å². The molecule has 4 heteroatoms. The summed E-state index contributed by atoms with van der Waals surface area (Å²) < 4.78 is 5.07. The molecule has 3 unspecified atom stereocenters. The third-order valence-corrected chi connectivity index (χ3v) is 2.84. The van der Waals surface area contributed by atoms with Crippen molar-refractivity contribution in [3.05, 3.63) is 0 Å². The maximum absolute atomic E-state index is 10.8. The second-order valence-electron chi connectivity index (χ2n) is 4.03. The Hall–Kier alpha value is -0.610. The SMILES string of the molecule is COCC(C)C1CCCC(C(=O)O)N1. The van der Waals surface area contributed by atoms with Gasteiger partial charge in [0.1, 0.15) is 6.04 Å². The van der Waals surface area contributed by atoms with E-state index in [1.54, 1.807) is 7.11 Å². The summed E-state index contributed by atoms with van der Waals surface area (Å²) in [4.78, 5) is 10.8. The van der Waals surface area contributed by atoms with Crippen LogP contribution in [0, 0.1) is 5.92 Å². The Morgan fingerprint density at radius 2 is 2.36 bits per heavy atom. The molecule has 2 N–H and O–H groups in total. The van der Waals surface area contributed by atoms with Gasteiger partial charge in [-0.2, -0.15) is 0 Å². The Kier molecular flexibility index (Phi) is 4.35. The van der Waals surface area contributed by atoms with Crippen LogP contribution in [0.1, 0.15) is 26.2 Å². The van der Waals surface area contributed by atoms with Crippen molar-refractivity contribution in [2.24, 2.45) is 5.92 Å². The van der Waals surface area contributed by atoms with Crippen LogP contribution in [-0.4, -0.2) is 36.9 Å². The van der Waals surface area contributed by atoms with Crippen LogP contribution < -0.4 is 5.32 Å². The zero-order valence-corrected chi connectivity index (χ0v) is 8.82. The molecule has 0 aromatic carbocycles. The number of hydrogen-bond donors (Lipinski definition) is 2. The van der Waals surface area contributed by atoms with Crippen molar-refractivity contribution >= 4 is 5.97 Å². The molecule has 3 atom stereocenters. The van der Waals surface area contributed by atoms with Gasteiger partial charge in [0.25, 0.3) is 0 Å². The van der Waals surface area contributed by atoms with Crippen molar-refractivity contribution in [2.75, 3.05) is 13.7 Å². The summed E-state index contributed by atoms with van der Waals surface area (Å²) in [7, 11) is 1.67. The molecule has 4 nitrogen and oxygen atoms in total. The monoisotopic (exact) mass is 201 g/mol. The second kappa shape index (κ2) is 5.32. The van der Waals surface area contributed by atoms with Crippen LogP contribution in [0.15, 0.2) is 0 Å². The van der Waals surface area contributed by atoms with E-state index in [0.717, 1.165) is 19.3 Å². The van der Waals surface area contributed by atoms with Crippen LogP contribution in [0.5, 0.6) is 0 Å². The number of rotatable bonds is 4. The summed E-state index contributed by atoms with van der Waals surface area (Å²) in [5.41, 5.74) is 0. The minimum Gasteiger partial charge on any atom is -0.480 e. The number of methoxy groups -OCH3 is 1. The lowest BCUT2D eigenvalue weighted by molar-refractivity contribution is -0.140. The molecule has 0 bridgehead atoms. The van der Waals surface area contributed by atoms with Gasteiger partial charge in [-0.05, 0) is 25.2 Å². The van der Waals surface area contributed by atoms with Gasteiger partial charge in [-0.15, -0.1) is 0 Å². The molecule has 82 valence electrons. The van der Waals surface area contributed by atoms with E-state index in [1.807, 2.05) is 0 Å². The number of ether oxygens (including phenoxy) is 1. The van der Waals surface area contributed by atoms with Gasteiger partial charge >= 0.3 is 5.97 Å². The first-order valence-corrected chi connectivity index (χ1v) is 5.13. The van der Waals surface area contributed by atoms with Crippen LogP contribution in [-0.2, 0) is 9.53 Å². The second-order valence-corrected chi connectivity index (χ2v) is 4.03. The van der Waals surface area contributed by atoms with Crippen molar-refractivity contribution < 1.29 is 14.6 Å². The summed E-state index contributed by atoms with van der Waals surface area (Å²) in [5, 5.41) is 12.0. The zero-order chi connectivity index (χ0) is 10.6. The number of carboxylic acids is 1. The summed E-state index contributed by atoms with van der Waals surface area (Å²) in [6, 6.07) is -0.0853. The predicted molar refractivity (Wildman–Crippen MR) is 53.2 cm³/mol. The van der Waals surface area contributed by atoms with Crippen LogP contribution in [0.25, 0.3) is 0 Å². The number of aliphatic carboxylic acids is 1. The Morgan fingerprint density at radius 3 is 2.93 bits per heavy atom. The van der Waals surface area contributed by atoms with Crippen LogP contribution in [0.4, 0.5) is 0 Å². The highest BCUT2D eigenvalue weighted by Gasteiger charge is 2.28. The lowest BCUT2D eigenvalue weighted by Gasteiger charge is -2.32. The molecule has 1 rings (SSSR count). The molecule has 1 saturated heterocycles. The first-order valence-electron chi connectivity index (χ1n) is 5.13. The third kappa shape index (κ3) is 2.96. The fourth-order valence-electron chi connectivity index (χ4n) is 1.99. The van der Waals surface area contributed by atoms with Gasteiger partial charge in [-0.1, -0.05) is 6.92 Å². The Bertz CT molecular complexity index is 196. The lowest BCUT2D eigenvalue weighted by Crippen LogP contribution is -2.50. The van der Waals surface area contributed by atoms with Gasteiger partial charge < -0.3 is 15.2 Å². The number of hydrogen-bond acceptors (Lipinski definition) is 3. The summed E-state index contributed by atoms with van der Waals surface area (Å²) in [5.74, 6) is -0.360. The smallest absolute Gasteiger partial charge is 0.320 e. The van der Waals surface area contributed by atoms with Gasteiger partial charge in [-0.3, -0.25) is 4.79 Å². The van der Waals surface area contributed by atoms with Gasteiger partial charge in [0.2, 0.25) is 0 Å². The summed E-state index contributed by atoms with van der Waals surface area (Å²) in [6.45, 7) is 2.77. The molecular weight excluding hydrogens is 182 g/mol. The molecule has 0 radical (unpaired) electrons. The quantitative estimate of drug-likeness (QED) is 0.708. The molecular formula is C10H19NO3. The third-order valence-electron chi connectivity index (χ3n) is 2.84. The molecule has 1 aliphatic heterocycles. The fraction of sp³-hybridized carbons (Fsp3) is 0.900. The van der Waals surface area contributed by atoms with Crippen molar-refractivity contribution in [2.45, 2.75) is 38.3 Å². The first kappa shape index (κ1) is 11.5. The number of carbonyl (C=O) groups is 1. The molecule has 14 heavy (non-hydrogen) atoms. The van der Waals surface area contributed by atoms with Gasteiger partial charge in [0.05, 0.1) is 6.61 Å². The minimum atomic E-state index is -0.737. The maximum atomic E-state index is 10.8. The largest absolute Gasteiger partial charge is 0.480 e. The van der Waals surface area contributed by atoms with E-state index in [0.29, 0.717) is 12.5 Å². The lowest BCUT2D eigenvalue weighted by atomic mass is 9.91. The van der Waals surface area contributed by atoms with Crippen molar-refractivity contribution in [1.82, 2.24) is 5.32 Å². The Labute approximate surface area is 84.6 Å². The highest BCUT2D eigenvalue weighted by molar-refractivity contribution is 5.73. The van der Waals surface area contributed by atoms with E-state index in [9.17, 15) is 4.79 Å². The molecule has 0 amide bonds. The van der Waals surface area contributed by atoms with Crippen LogP contribution in [0.3, 0.4) is 0 Å². The zero-order valence-electron chi connectivity index (χ0n) is 8.82. The average molecular weight is 201 g/mol. The topological polar surface area (TPSA) is 58.6 Å². The number of piperidine rings is 1. The number of nitrogens with one attached hydrogen (secondary N) is 1. The molecule has 0 aliphatic carbocycles. The molecule has 0 spiro atoms. The minimum absolute atomic E-state index is 0.282.